The lowest BCUT2D eigenvalue weighted by atomic mass is 10.1. The molecule has 0 saturated carbocycles. The van der Waals surface area contributed by atoms with Gasteiger partial charge < -0.3 is 9.88 Å². The van der Waals surface area contributed by atoms with Crippen LogP contribution in [0.3, 0.4) is 0 Å². The highest BCUT2D eigenvalue weighted by molar-refractivity contribution is 5.80. The van der Waals surface area contributed by atoms with Crippen LogP contribution < -0.4 is 5.32 Å². The zero-order valence-electron chi connectivity index (χ0n) is 12.6. The molecule has 23 heavy (non-hydrogen) atoms. The first-order valence-electron chi connectivity index (χ1n) is 7.35. The van der Waals surface area contributed by atoms with Crippen LogP contribution in [0.15, 0.2) is 67.3 Å². The zero-order chi connectivity index (χ0) is 15.6. The highest BCUT2D eigenvalue weighted by Crippen LogP contribution is 2.23. The molecule has 2 aromatic heterocycles. The minimum absolute atomic E-state index is 0.758. The Labute approximate surface area is 133 Å². The van der Waals surface area contributed by atoms with Gasteiger partial charge in [-0.25, -0.2) is 15.0 Å². The number of aryl methyl sites for hydroxylation is 1. The van der Waals surface area contributed by atoms with Gasteiger partial charge in [-0.1, -0.05) is 30.3 Å². The molecule has 0 aliphatic heterocycles. The first-order valence-corrected chi connectivity index (χ1v) is 7.35. The standard InChI is InChI=1S/C18H15N5/c1-23-12-21-16-9-14(7-8-17(16)23)22-18-10-15(19-11-20-18)13-5-3-2-4-6-13/h2-12H,1H3,(H,19,20,22). The van der Waals surface area contributed by atoms with E-state index in [0.717, 1.165) is 33.8 Å². The number of fused-ring (bicyclic) bond motifs is 1. The molecule has 0 aliphatic carbocycles. The third kappa shape index (κ3) is 2.64. The largest absolute Gasteiger partial charge is 0.340 e. The Morgan fingerprint density at radius 1 is 0.913 bits per heavy atom. The van der Waals surface area contributed by atoms with E-state index in [1.807, 2.05) is 72.5 Å². The van der Waals surface area contributed by atoms with Crippen molar-refractivity contribution in [2.75, 3.05) is 5.32 Å². The summed E-state index contributed by atoms with van der Waals surface area (Å²) in [4.78, 5) is 13.0. The molecule has 0 radical (unpaired) electrons. The van der Waals surface area contributed by atoms with E-state index in [-0.39, 0.29) is 0 Å². The van der Waals surface area contributed by atoms with Gasteiger partial charge in [-0.2, -0.15) is 0 Å². The number of nitrogens with zero attached hydrogens (tertiary/aromatic N) is 4. The Balaban J connectivity index is 1.65. The lowest BCUT2D eigenvalue weighted by molar-refractivity contribution is 0.948. The van der Waals surface area contributed by atoms with E-state index >= 15 is 0 Å². The maximum atomic E-state index is 4.38. The number of nitrogens with one attached hydrogen (secondary N) is 1. The smallest absolute Gasteiger partial charge is 0.134 e. The van der Waals surface area contributed by atoms with Crippen molar-refractivity contribution in [2.24, 2.45) is 7.05 Å². The quantitative estimate of drug-likeness (QED) is 0.626. The second-order valence-electron chi connectivity index (χ2n) is 5.34. The maximum Gasteiger partial charge on any atom is 0.134 e. The molecule has 2 aromatic carbocycles. The molecule has 2 heterocycles. The summed E-state index contributed by atoms with van der Waals surface area (Å²) in [6, 6.07) is 18.1. The van der Waals surface area contributed by atoms with Crippen molar-refractivity contribution in [3.63, 3.8) is 0 Å². The molecule has 0 spiro atoms. The van der Waals surface area contributed by atoms with Crippen LogP contribution in [0.4, 0.5) is 11.5 Å². The molecule has 112 valence electrons. The zero-order valence-corrected chi connectivity index (χ0v) is 12.6. The van der Waals surface area contributed by atoms with Crippen LogP contribution in [0.1, 0.15) is 0 Å². The molecule has 0 atom stereocenters. The van der Waals surface area contributed by atoms with Gasteiger partial charge in [0, 0.05) is 24.4 Å². The SMILES string of the molecule is Cn1cnc2cc(Nc3cc(-c4ccccc4)ncn3)ccc21. The van der Waals surface area contributed by atoms with Gasteiger partial charge in [0.05, 0.1) is 23.1 Å². The van der Waals surface area contributed by atoms with Crippen LogP contribution in [0.25, 0.3) is 22.3 Å². The average molecular weight is 301 g/mol. The number of imidazole rings is 1. The minimum Gasteiger partial charge on any atom is -0.340 e. The maximum absolute atomic E-state index is 4.38. The van der Waals surface area contributed by atoms with Crippen LogP contribution in [0.2, 0.25) is 0 Å². The fourth-order valence-electron chi connectivity index (χ4n) is 2.55. The van der Waals surface area contributed by atoms with Crippen molar-refractivity contribution < 1.29 is 0 Å². The number of rotatable bonds is 3. The lowest BCUT2D eigenvalue weighted by Gasteiger charge is -2.07. The van der Waals surface area contributed by atoms with Crippen molar-refractivity contribution in [2.45, 2.75) is 0 Å². The van der Waals surface area contributed by atoms with Gasteiger partial charge in [0.25, 0.3) is 0 Å². The number of anilines is 2. The Hall–Kier alpha value is -3.21. The van der Waals surface area contributed by atoms with E-state index in [4.69, 9.17) is 0 Å². The fraction of sp³-hybridized carbons (Fsp3) is 0.0556. The predicted octanol–water partition coefficient (Wildman–Crippen LogP) is 3.77. The lowest BCUT2D eigenvalue weighted by Crippen LogP contribution is -1.95. The number of benzene rings is 2. The van der Waals surface area contributed by atoms with Gasteiger partial charge in [0.2, 0.25) is 0 Å². The van der Waals surface area contributed by atoms with E-state index in [9.17, 15) is 0 Å². The molecule has 5 nitrogen and oxygen atoms in total. The molecule has 0 saturated heterocycles. The molecule has 5 heteroatoms. The summed E-state index contributed by atoms with van der Waals surface area (Å²) in [5, 5.41) is 3.32. The minimum atomic E-state index is 0.758. The van der Waals surface area contributed by atoms with E-state index in [0.29, 0.717) is 0 Å². The van der Waals surface area contributed by atoms with Crippen molar-refractivity contribution in [1.82, 2.24) is 19.5 Å². The molecule has 1 N–H and O–H groups in total. The average Bonchev–Trinajstić information content (AvgIpc) is 2.97. The molecular formula is C18H15N5. The number of hydrogen-bond acceptors (Lipinski definition) is 4. The van der Waals surface area contributed by atoms with Crippen molar-refractivity contribution in [1.29, 1.82) is 0 Å². The summed E-state index contributed by atoms with van der Waals surface area (Å²) >= 11 is 0. The van der Waals surface area contributed by atoms with Crippen LogP contribution in [-0.4, -0.2) is 19.5 Å². The molecule has 4 aromatic rings. The van der Waals surface area contributed by atoms with Gasteiger partial charge in [-0.15, -0.1) is 0 Å². The summed E-state index contributed by atoms with van der Waals surface area (Å²) in [6.07, 6.45) is 3.39. The third-order valence-corrected chi connectivity index (χ3v) is 3.73. The summed E-state index contributed by atoms with van der Waals surface area (Å²) in [6.45, 7) is 0. The summed E-state index contributed by atoms with van der Waals surface area (Å²) in [7, 11) is 1.99. The van der Waals surface area contributed by atoms with Crippen LogP contribution in [0, 0.1) is 0 Å². The Morgan fingerprint density at radius 3 is 2.65 bits per heavy atom. The highest BCUT2D eigenvalue weighted by Gasteiger charge is 2.04. The van der Waals surface area contributed by atoms with E-state index < -0.39 is 0 Å². The van der Waals surface area contributed by atoms with E-state index in [1.165, 1.54) is 0 Å². The van der Waals surface area contributed by atoms with Crippen molar-refractivity contribution in [3.8, 4) is 11.3 Å². The van der Waals surface area contributed by atoms with Crippen LogP contribution in [0.5, 0.6) is 0 Å². The molecule has 4 rings (SSSR count). The van der Waals surface area contributed by atoms with Gasteiger partial charge in [-0.3, -0.25) is 0 Å². The van der Waals surface area contributed by atoms with Crippen LogP contribution >= 0.6 is 0 Å². The monoisotopic (exact) mass is 301 g/mol. The van der Waals surface area contributed by atoms with Gasteiger partial charge in [0.1, 0.15) is 12.1 Å². The van der Waals surface area contributed by atoms with Crippen molar-refractivity contribution >= 4 is 22.5 Å². The van der Waals surface area contributed by atoms with Crippen molar-refractivity contribution in [3.05, 3.63) is 67.3 Å². The Kier molecular flexibility index (Phi) is 3.24. The summed E-state index contributed by atoms with van der Waals surface area (Å²) < 4.78 is 2.00. The molecule has 0 bridgehead atoms. The fourth-order valence-corrected chi connectivity index (χ4v) is 2.55. The van der Waals surface area contributed by atoms with Gasteiger partial charge in [0.15, 0.2) is 0 Å². The molecular weight excluding hydrogens is 286 g/mol. The van der Waals surface area contributed by atoms with E-state index in [2.05, 4.69) is 20.3 Å². The normalized spacial score (nSPS) is 10.8. The molecule has 0 unspecified atom stereocenters. The topological polar surface area (TPSA) is 55.6 Å². The van der Waals surface area contributed by atoms with Crippen LogP contribution in [-0.2, 0) is 7.05 Å². The summed E-state index contributed by atoms with van der Waals surface area (Å²) in [5.41, 5.74) is 4.96. The van der Waals surface area contributed by atoms with Gasteiger partial charge in [-0.05, 0) is 18.2 Å². The predicted molar refractivity (Wildman–Crippen MR) is 91.5 cm³/mol. The first kappa shape index (κ1) is 13.5. The second kappa shape index (κ2) is 5.53. The summed E-state index contributed by atoms with van der Waals surface area (Å²) in [5.74, 6) is 0.758. The first-order chi connectivity index (χ1) is 11.3. The second-order valence-corrected chi connectivity index (χ2v) is 5.34. The molecule has 0 aliphatic rings. The Morgan fingerprint density at radius 2 is 1.78 bits per heavy atom. The molecule has 0 fully saturated rings. The highest BCUT2D eigenvalue weighted by atomic mass is 15.0. The molecule has 0 amide bonds. The third-order valence-electron chi connectivity index (χ3n) is 3.73. The van der Waals surface area contributed by atoms with E-state index in [1.54, 1.807) is 6.33 Å². The van der Waals surface area contributed by atoms with Gasteiger partial charge >= 0.3 is 0 Å². The number of aromatic nitrogens is 4. The Bertz CT molecular complexity index is 959. The number of hydrogen-bond donors (Lipinski definition) is 1.